The molecule has 20 heavy (non-hydrogen) atoms. The number of piperidine rings is 1. The van der Waals surface area contributed by atoms with Crippen LogP contribution in [0.4, 0.5) is 0 Å². The van der Waals surface area contributed by atoms with Crippen LogP contribution < -0.4 is 5.32 Å². The van der Waals surface area contributed by atoms with Gasteiger partial charge >= 0.3 is 0 Å². The van der Waals surface area contributed by atoms with E-state index in [1.807, 2.05) is 0 Å². The standard InChI is InChI=1S/C16H33N3O/c1-16(13-20,17-15-4-5-15)8-11-19(3)12-14-6-9-18(2)10-7-14/h14-15,17,20H,4-13H2,1-3H3. The first-order valence-electron chi connectivity index (χ1n) is 8.26. The van der Waals surface area contributed by atoms with Crippen LogP contribution in [-0.4, -0.2) is 73.4 Å². The summed E-state index contributed by atoms with van der Waals surface area (Å²) in [6.45, 7) is 7.17. The molecule has 0 amide bonds. The average molecular weight is 283 g/mol. The molecule has 0 radical (unpaired) electrons. The lowest BCUT2D eigenvalue weighted by atomic mass is 9.95. The fraction of sp³-hybridized carbons (Fsp3) is 1.00. The van der Waals surface area contributed by atoms with Gasteiger partial charge in [0.05, 0.1) is 6.61 Å². The Morgan fingerprint density at radius 3 is 2.45 bits per heavy atom. The Labute approximate surface area is 124 Å². The molecule has 1 atom stereocenters. The van der Waals surface area contributed by atoms with E-state index < -0.39 is 0 Å². The van der Waals surface area contributed by atoms with Crippen molar-refractivity contribution in [3.05, 3.63) is 0 Å². The molecule has 1 saturated heterocycles. The minimum Gasteiger partial charge on any atom is -0.394 e. The molecule has 2 fully saturated rings. The molecular formula is C16H33N3O. The summed E-state index contributed by atoms with van der Waals surface area (Å²) < 4.78 is 0. The van der Waals surface area contributed by atoms with E-state index in [2.05, 4.69) is 36.1 Å². The Kier molecular flexibility index (Phi) is 5.84. The molecule has 1 unspecified atom stereocenters. The summed E-state index contributed by atoms with van der Waals surface area (Å²) in [5, 5.41) is 13.2. The summed E-state index contributed by atoms with van der Waals surface area (Å²) in [6.07, 6.45) is 6.25. The van der Waals surface area contributed by atoms with E-state index in [0.717, 1.165) is 18.9 Å². The van der Waals surface area contributed by atoms with E-state index in [4.69, 9.17) is 0 Å². The molecule has 0 aromatic heterocycles. The first kappa shape index (κ1) is 16.2. The lowest BCUT2D eigenvalue weighted by Gasteiger charge is -2.34. The predicted octanol–water partition coefficient (Wildman–Crippen LogP) is 1.15. The highest BCUT2D eigenvalue weighted by atomic mass is 16.3. The molecule has 1 heterocycles. The molecule has 2 aliphatic rings. The molecule has 1 saturated carbocycles. The van der Waals surface area contributed by atoms with Gasteiger partial charge in [-0.15, -0.1) is 0 Å². The third kappa shape index (κ3) is 5.32. The average Bonchev–Trinajstić information content (AvgIpc) is 3.23. The monoisotopic (exact) mass is 283 g/mol. The van der Waals surface area contributed by atoms with Gasteiger partial charge in [0, 0.05) is 18.1 Å². The summed E-state index contributed by atoms with van der Waals surface area (Å²) in [6, 6.07) is 0.659. The van der Waals surface area contributed by atoms with E-state index >= 15 is 0 Å². The maximum atomic E-state index is 9.64. The van der Waals surface area contributed by atoms with Crippen LogP contribution >= 0.6 is 0 Å². The maximum Gasteiger partial charge on any atom is 0.0611 e. The van der Waals surface area contributed by atoms with Crippen molar-refractivity contribution in [3.8, 4) is 0 Å². The topological polar surface area (TPSA) is 38.7 Å². The molecule has 0 aromatic rings. The summed E-state index contributed by atoms with van der Waals surface area (Å²) in [5.41, 5.74) is -0.0950. The SMILES string of the molecule is CN1CCC(CN(C)CCC(C)(CO)NC2CC2)CC1. The first-order chi connectivity index (χ1) is 9.50. The van der Waals surface area contributed by atoms with Crippen molar-refractivity contribution in [2.45, 2.75) is 50.6 Å². The molecule has 4 nitrogen and oxygen atoms in total. The van der Waals surface area contributed by atoms with Crippen LogP contribution in [0.15, 0.2) is 0 Å². The van der Waals surface area contributed by atoms with Gasteiger partial charge in [0.15, 0.2) is 0 Å². The molecule has 0 bridgehead atoms. The smallest absolute Gasteiger partial charge is 0.0611 e. The minimum atomic E-state index is -0.0950. The van der Waals surface area contributed by atoms with Gasteiger partial charge in [-0.3, -0.25) is 0 Å². The quantitative estimate of drug-likeness (QED) is 0.701. The number of nitrogens with zero attached hydrogens (tertiary/aromatic N) is 2. The molecule has 4 heteroatoms. The lowest BCUT2D eigenvalue weighted by Crippen LogP contribution is -2.49. The highest BCUT2D eigenvalue weighted by Gasteiger charge is 2.32. The maximum absolute atomic E-state index is 9.64. The molecule has 2 rings (SSSR count). The van der Waals surface area contributed by atoms with Crippen LogP contribution in [0.3, 0.4) is 0 Å². The molecule has 1 aliphatic carbocycles. The van der Waals surface area contributed by atoms with Crippen molar-refractivity contribution >= 4 is 0 Å². The van der Waals surface area contributed by atoms with Crippen molar-refractivity contribution in [3.63, 3.8) is 0 Å². The summed E-state index contributed by atoms with van der Waals surface area (Å²) in [4.78, 5) is 4.89. The van der Waals surface area contributed by atoms with Gasteiger partial charge < -0.3 is 20.2 Å². The largest absolute Gasteiger partial charge is 0.394 e. The molecule has 2 N–H and O–H groups in total. The third-order valence-electron chi connectivity index (χ3n) is 4.93. The van der Waals surface area contributed by atoms with Crippen LogP contribution in [-0.2, 0) is 0 Å². The zero-order chi connectivity index (χ0) is 14.6. The number of aliphatic hydroxyl groups excluding tert-OH is 1. The number of aliphatic hydroxyl groups is 1. The Balaban J connectivity index is 1.66. The first-order valence-corrected chi connectivity index (χ1v) is 8.26. The van der Waals surface area contributed by atoms with Crippen molar-refractivity contribution in [2.75, 3.05) is 46.9 Å². The number of hydrogen-bond donors (Lipinski definition) is 2. The zero-order valence-electron chi connectivity index (χ0n) is 13.6. The Bertz CT molecular complexity index is 287. The van der Waals surface area contributed by atoms with E-state index in [9.17, 15) is 5.11 Å². The van der Waals surface area contributed by atoms with Gasteiger partial charge in [-0.25, -0.2) is 0 Å². The van der Waals surface area contributed by atoms with Crippen LogP contribution in [0, 0.1) is 5.92 Å². The van der Waals surface area contributed by atoms with Crippen LogP contribution in [0.1, 0.15) is 39.0 Å². The van der Waals surface area contributed by atoms with Crippen molar-refractivity contribution in [2.24, 2.45) is 5.92 Å². The highest BCUT2D eigenvalue weighted by Crippen LogP contribution is 2.24. The van der Waals surface area contributed by atoms with E-state index in [1.54, 1.807) is 0 Å². The van der Waals surface area contributed by atoms with Crippen LogP contribution in [0.5, 0.6) is 0 Å². The molecule has 0 aromatic carbocycles. The Morgan fingerprint density at radius 1 is 1.25 bits per heavy atom. The summed E-state index contributed by atoms with van der Waals surface area (Å²) >= 11 is 0. The summed E-state index contributed by atoms with van der Waals surface area (Å²) in [7, 11) is 4.45. The number of rotatable bonds is 8. The van der Waals surface area contributed by atoms with Gasteiger partial charge in [-0.1, -0.05) is 0 Å². The third-order valence-corrected chi connectivity index (χ3v) is 4.93. The normalized spacial score (nSPS) is 25.1. The molecule has 0 spiro atoms. The minimum absolute atomic E-state index is 0.0950. The number of hydrogen-bond acceptors (Lipinski definition) is 4. The highest BCUT2D eigenvalue weighted by molar-refractivity contribution is 4.92. The number of likely N-dealkylation sites (tertiary alicyclic amines) is 1. The number of nitrogens with one attached hydrogen (secondary N) is 1. The van der Waals surface area contributed by atoms with Crippen LogP contribution in [0.2, 0.25) is 0 Å². The predicted molar refractivity (Wildman–Crippen MR) is 84.0 cm³/mol. The van der Waals surface area contributed by atoms with E-state index in [-0.39, 0.29) is 12.1 Å². The van der Waals surface area contributed by atoms with Gasteiger partial charge in [-0.2, -0.15) is 0 Å². The van der Waals surface area contributed by atoms with Crippen molar-refractivity contribution in [1.29, 1.82) is 0 Å². The van der Waals surface area contributed by atoms with Crippen LogP contribution in [0.25, 0.3) is 0 Å². The van der Waals surface area contributed by atoms with Gasteiger partial charge in [0.2, 0.25) is 0 Å². The fourth-order valence-electron chi connectivity index (χ4n) is 3.13. The second-order valence-corrected chi connectivity index (χ2v) is 7.40. The van der Waals surface area contributed by atoms with E-state index in [0.29, 0.717) is 6.04 Å². The van der Waals surface area contributed by atoms with Crippen molar-refractivity contribution in [1.82, 2.24) is 15.1 Å². The van der Waals surface area contributed by atoms with E-state index in [1.165, 1.54) is 45.3 Å². The fourth-order valence-corrected chi connectivity index (χ4v) is 3.13. The van der Waals surface area contributed by atoms with Crippen molar-refractivity contribution < 1.29 is 5.11 Å². The zero-order valence-corrected chi connectivity index (χ0v) is 13.6. The second-order valence-electron chi connectivity index (χ2n) is 7.40. The Hall–Kier alpha value is -0.160. The molecule has 1 aliphatic heterocycles. The molecular weight excluding hydrogens is 250 g/mol. The lowest BCUT2D eigenvalue weighted by molar-refractivity contribution is 0.135. The van der Waals surface area contributed by atoms with Gasteiger partial charge in [-0.05, 0) is 78.7 Å². The van der Waals surface area contributed by atoms with Gasteiger partial charge in [0.1, 0.15) is 0 Å². The second kappa shape index (κ2) is 7.21. The van der Waals surface area contributed by atoms with Gasteiger partial charge in [0.25, 0.3) is 0 Å². The Morgan fingerprint density at radius 2 is 1.90 bits per heavy atom. The summed E-state index contributed by atoms with van der Waals surface area (Å²) in [5.74, 6) is 0.855. The molecule has 118 valence electrons.